The number of rotatable bonds is 7. The van der Waals surface area contributed by atoms with Crippen molar-refractivity contribution in [2.45, 2.75) is 27.4 Å². The summed E-state index contributed by atoms with van der Waals surface area (Å²) in [5.41, 5.74) is 3.05. The van der Waals surface area contributed by atoms with Crippen LogP contribution in [0.1, 0.15) is 29.2 Å². The lowest BCUT2D eigenvalue weighted by Crippen LogP contribution is -2.54. The van der Waals surface area contributed by atoms with Crippen LogP contribution in [0.5, 0.6) is 11.5 Å². The van der Waals surface area contributed by atoms with E-state index in [-0.39, 0.29) is 18.0 Å². The second kappa shape index (κ2) is 10.4. The summed E-state index contributed by atoms with van der Waals surface area (Å²) in [6.07, 6.45) is 1.40. The molecule has 0 aromatic heterocycles. The van der Waals surface area contributed by atoms with Crippen LogP contribution < -0.4 is 19.7 Å². The predicted octanol–water partition coefficient (Wildman–Crippen LogP) is 5.09. The molecule has 0 unspecified atom stereocenters. The summed E-state index contributed by atoms with van der Waals surface area (Å²) < 4.78 is 25.0. The maximum atomic E-state index is 13.5. The van der Waals surface area contributed by atoms with Gasteiger partial charge in [0.25, 0.3) is 11.8 Å². The van der Waals surface area contributed by atoms with E-state index in [4.69, 9.17) is 9.47 Å². The molecular weight excluding hydrogens is 463 g/mol. The lowest BCUT2D eigenvalue weighted by molar-refractivity contribution is -0.122. The van der Waals surface area contributed by atoms with E-state index in [9.17, 15) is 18.8 Å². The molecule has 1 N–H and O–H groups in total. The van der Waals surface area contributed by atoms with Crippen molar-refractivity contribution in [2.24, 2.45) is 0 Å². The van der Waals surface area contributed by atoms with Crippen LogP contribution in [0.3, 0.4) is 0 Å². The van der Waals surface area contributed by atoms with Gasteiger partial charge in [-0.25, -0.2) is 14.1 Å². The number of anilines is 1. The SMILES string of the molecule is CCOc1cc(/C=C2\C(=O)NC(=O)N(c3cccc(C)c3C)C2=O)ccc1OCc1cccc(F)c1. The largest absolute Gasteiger partial charge is 0.490 e. The van der Waals surface area contributed by atoms with E-state index in [0.717, 1.165) is 16.0 Å². The maximum absolute atomic E-state index is 13.5. The Morgan fingerprint density at radius 2 is 1.72 bits per heavy atom. The number of carbonyl (C=O) groups is 3. The molecule has 0 aliphatic carbocycles. The molecule has 36 heavy (non-hydrogen) atoms. The Kier molecular flexibility index (Phi) is 7.15. The average Bonchev–Trinajstić information content (AvgIpc) is 2.84. The summed E-state index contributed by atoms with van der Waals surface area (Å²) in [5, 5.41) is 2.24. The number of amides is 4. The number of nitrogens with zero attached hydrogens (tertiary/aromatic N) is 1. The van der Waals surface area contributed by atoms with E-state index in [2.05, 4.69) is 5.32 Å². The van der Waals surface area contributed by atoms with Crippen molar-refractivity contribution in [1.29, 1.82) is 0 Å². The summed E-state index contributed by atoms with van der Waals surface area (Å²) in [5.74, 6) is -1.03. The molecule has 1 aliphatic rings. The van der Waals surface area contributed by atoms with Crippen molar-refractivity contribution < 1.29 is 28.2 Å². The van der Waals surface area contributed by atoms with Crippen molar-refractivity contribution in [3.05, 3.63) is 94.3 Å². The van der Waals surface area contributed by atoms with Crippen LogP contribution in [-0.4, -0.2) is 24.5 Å². The minimum Gasteiger partial charge on any atom is -0.490 e. The normalized spacial score (nSPS) is 14.7. The number of barbiturate groups is 1. The lowest BCUT2D eigenvalue weighted by Gasteiger charge is -2.28. The molecule has 0 bridgehead atoms. The molecule has 8 heteroatoms. The molecule has 7 nitrogen and oxygen atoms in total. The molecule has 1 aliphatic heterocycles. The highest BCUT2D eigenvalue weighted by molar-refractivity contribution is 6.39. The van der Waals surface area contributed by atoms with Crippen molar-refractivity contribution in [2.75, 3.05) is 11.5 Å². The first kappa shape index (κ1) is 24.7. The van der Waals surface area contributed by atoms with Crippen molar-refractivity contribution in [3.8, 4) is 11.5 Å². The number of ether oxygens (including phenoxy) is 2. The van der Waals surface area contributed by atoms with Crippen molar-refractivity contribution in [3.63, 3.8) is 0 Å². The summed E-state index contributed by atoms with van der Waals surface area (Å²) >= 11 is 0. The first-order valence-corrected chi connectivity index (χ1v) is 11.4. The summed E-state index contributed by atoms with van der Waals surface area (Å²) in [6, 6.07) is 15.5. The minimum absolute atomic E-state index is 0.131. The number of hydrogen-bond donors (Lipinski definition) is 1. The topological polar surface area (TPSA) is 84.9 Å². The van der Waals surface area contributed by atoms with Crippen LogP contribution in [0.15, 0.2) is 66.2 Å². The number of hydrogen-bond acceptors (Lipinski definition) is 5. The van der Waals surface area contributed by atoms with E-state index in [1.54, 1.807) is 42.5 Å². The monoisotopic (exact) mass is 488 g/mol. The second-order valence-corrected chi connectivity index (χ2v) is 8.23. The molecule has 0 atom stereocenters. The van der Waals surface area contributed by atoms with Crippen molar-refractivity contribution in [1.82, 2.24) is 5.32 Å². The van der Waals surface area contributed by atoms with E-state index in [1.807, 2.05) is 26.8 Å². The quantitative estimate of drug-likeness (QED) is 0.370. The van der Waals surface area contributed by atoms with E-state index in [1.165, 1.54) is 18.2 Å². The van der Waals surface area contributed by atoms with Crippen LogP contribution in [0.25, 0.3) is 6.08 Å². The Bertz CT molecular complexity index is 1380. The Hall–Kier alpha value is -4.46. The van der Waals surface area contributed by atoms with Gasteiger partial charge in [-0.15, -0.1) is 0 Å². The molecule has 1 saturated heterocycles. The van der Waals surface area contributed by atoms with Gasteiger partial charge < -0.3 is 9.47 Å². The number of benzene rings is 3. The van der Waals surface area contributed by atoms with Gasteiger partial charge in [0.05, 0.1) is 12.3 Å². The Labute approximate surface area is 208 Å². The number of imide groups is 2. The highest BCUT2D eigenvalue weighted by atomic mass is 19.1. The van der Waals surface area contributed by atoms with Crippen LogP contribution >= 0.6 is 0 Å². The third-order valence-corrected chi connectivity index (χ3v) is 5.78. The molecule has 1 heterocycles. The summed E-state index contributed by atoms with van der Waals surface area (Å²) in [4.78, 5) is 39.4. The highest BCUT2D eigenvalue weighted by Gasteiger charge is 2.37. The smallest absolute Gasteiger partial charge is 0.335 e. The van der Waals surface area contributed by atoms with Gasteiger partial charge in [0, 0.05) is 0 Å². The molecule has 3 aromatic rings. The van der Waals surface area contributed by atoms with Crippen molar-refractivity contribution >= 4 is 29.6 Å². The summed E-state index contributed by atoms with van der Waals surface area (Å²) in [7, 11) is 0. The Balaban J connectivity index is 1.63. The second-order valence-electron chi connectivity index (χ2n) is 8.23. The van der Waals surface area contributed by atoms with Crippen LogP contribution in [0.4, 0.5) is 14.9 Å². The molecule has 1 fully saturated rings. The lowest BCUT2D eigenvalue weighted by atomic mass is 10.0. The molecule has 0 saturated carbocycles. The third kappa shape index (κ3) is 5.12. The predicted molar refractivity (Wildman–Crippen MR) is 133 cm³/mol. The molecule has 184 valence electrons. The zero-order chi connectivity index (χ0) is 25.8. The Morgan fingerprint density at radius 1 is 0.944 bits per heavy atom. The highest BCUT2D eigenvalue weighted by Crippen LogP contribution is 2.31. The van der Waals surface area contributed by atoms with Gasteiger partial charge in [0.1, 0.15) is 18.0 Å². The fourth-order valence-electron chi connectivity index (χ4n) is 3.81. The number of halogens is 1. The first-order valence-electron chi connectivity index (χ1n) is 11.4. The van der Waals surface area contributed by atoms with Gasteiger partial charge in [0.2, 0.25) is 0 Å². The number of nitrogens with one attached hydrogen (secondary N) is 1. The zero-order valence-corrected chi connectivity index (χ0v) is 20.1. The number of urea groups is 1. The Morgan fingerprint density at radius 3 is 2.47 bits per heavy atom. The number of carbonyl (C=O) groups excluding carboxylic acids is 3. The van der Waals surface area contributed by atoms with Crippen LogP contribution in [0.2, 0.25) is 0 Å². The van der Waals surface area contributed by atoms with E-state index >= 15 is 0 Å². The molecule has 0 spiro atoms. The molecule has 4 amide bonds. The zero-order valence-electron chi connectivity index (χ0n) is 20.1. The van der Waals surface area contributed by atoms with Gasteiger partial charge in [-0.05, 0) is 79.4 Å². The third-order valence-electron chi connectivity index (χ3n) is 5.78. The van der Waals surface area contributed by atoms with Crippen LogP contribution in [-0.2, 0) is 16.2 Å². The first-order chi connectivity index (χ1) is 17.3. The van der Waals surface area contributed by atoms with Gasteiger partial charge in [0.15, 0.2) is 11.5 Å². The van der Waals surface area contributed by atoms with Gasteiger partial charge >= 0.3 is 6.03 Å². The van der Waals surface area contributed by atoms with Gasteiger partial charge in [-0.2, -0.15) is 0 Å². The minimum atomic E-state index is -0.799. The van der Waals surface area contributed by atoms with Crippen LogP contribution in [0, 0.1) is 19.7 Å². The van der Waals surface area contributed by atoms with E-state index < -0.39 is 17.8 Å². The van der Waals surface area contributed by atoms with E-state index in [0.29, 0.717) is 34.9 Å². The fourth-order valence-corrected chi connectivity index (χ4v) is 3.81. The van der Waals surface area contributed by atoms with Gasteiger partial charge in [-0.3, -0.25) is 14.9 Å². The molecule has 3 aromatic carbocycles. The molecule has 0 radical (unpaired) electrons. The molecular formula is C28H25FN2O5. The number of aryl methyl sites for hydroxylation is 1. The summed E-state index contributed by atoms with van der Waals surface area (Å²) in [6.45, 7) is 5.98. The van der Waals surface area contributed by atoms with Gasteiger partial charge in [-0.1, -0.05) is 30.3 Å². The standard InChI is InChI=1S/C28H25FN2O5/c1-4-35-25-15-19(11-12-24(25)36-16-20-8-6-9-21(29)13-20)14-22-26(32)30-28(34)31(27(22)33)23-10-5-7-17(2)18(23)3/h5-15H,4,16H2,1-3H3,(H,30,32,34)/b22-14+. The average molecular weight is 489 g/mol. The maximum Gasteiger partial charge on any atom is 0.335 e. The fraction of sp³-hybridized carbons (Fsp3) is 0.179. The molecule has 4 rings (SSSR count).